The van der Waals surface area contributed by atoms with E-state index in [0.717, 1.165) is 50.8 Å². The van der Waals surface area contributed by atoms with Crippen molar-refractivity contribution in [1.82, 2.24) is 15.1 Å². The standard InChI is InChI=1S/C20H29N3O3/c24-20(7-8-21-17-3-1-2-4-17)23-11-9-22(10-12-23)14-16-5-6-18-19(13-16)26-15-25-18/h5-6,13,17,21H,1-4,7-12,14-15H2. The van der Waals surface area contributed by atoms with Crippen LogP contribution in [0, 0.1) is 0 Å². The number of nitrogens with one attached hydrogen (secondary N) is 1. The van der Waals surface area contributed by atoms with Gasteiger partial charge in [-0.05, 0) is 30.5 Å². The molecule has 2 aliphatic heterocycles. The first-order valence-corrected chi connectivity index (χ1v) is 9.90. The second-order valence-electron chi connectivity index (χ2n) is 7.53. The summed E-state index contributed by atoms with van der Waals surface area (Å²) in [6.07, 6.45) is 5.83. The largest absolute Gasteiger partial charge is 0.454 e. The molecule has 1 amide bonds. The first kappa shape index (κ1) is 17.6. The number of amides is 1. The summed E-state index contributed by atoms with van der Waals surface area (Å²) in [6.45, 7) is 5.53. The van der Waals surface area contributed by atoms with E-state index in [0.29, 0.717) is 25.2 Å². The van der Waals surface area contributed by atoms with Gasteiger partial charge >= 0.3 is 0 Å². The Morgan fingerprint density at radius 2 is 1.85 bits per heavy atom. The highest BCUT2D eigenvalue weighted by Gasteiger charge is 2.22. The number of ether oxygens (including phenoxy) is 2. The van der Waals surface area contributed by atoms with E-state index >= 15 is 0 Å². The Morgan fingerprint density at radius 3 is 2.65 bits per heavy atom. The average Bonchev–Trinajstić information content (AvgIpc) is 3.33. The number of hydrogen-bond donors (Lipinski definition) is 1. The lowest BCUT2D eigenvalue weighted by Gasteiger charge is -2.35. The maximum Gasteiger partial charge on any atom is 0.231 e. The number of piperazine rings is 1. The van der Waals surface area contributed by atoms with Crippen molar-refractivity contribution in [2.24, 2.45) is 0 Å². The highest BCUT2D eigenvalue weighted by molar-refractivity contribution is 5.76. The molecule has 1 aromatic rings. The summed E-state index contributed by atoms with van der Waals surface area (Å²) in [5.41, 5.74) is 1.23. The summed E-state index contributed by atoms with van der Waals surface area (Å²) in [5, 5.41) is 3.53. The van der Waals surface area contributed by atoms with E-state index in [4.69, 9.17) is 9.47 Å². The molecule has 3 aliphatic rings. The van der Waals surface area contributed by atoms with Crippen LogP contribution < -0.4 is 14.8 Å². The molecular weight excluding hydrogens is 330 g/mol. The van der Waals surface area contributed by atoms with Gasteiger partial charge in [-0.25, -0.2) is 0 Å². The molecule has 2 heterocycles. The van der Waals surface area contributed by atoms with Crippen molar-refractivity contribution >= 4 is 5.91 Å². The molecule has 142 valence electrons. The fourth-order valence-corrected chi connectivity index (χ4v) is 4.12. The zero-order valence-corrected chi connectivity index (χ0v) is 15.4. The Morgan fingerprint density at radius 1 is 1.08 bits per heavy atom. The monoisotopic (exact) mass is 359 g/mol. The first-order valence-electron chi connectivity index (χ1n) is 9.90. The fraction of sp³-hybridized carbons (Fsp3) is 0.650. The minimum atomic E-state index is 0.290. The van der Waals surface area contributed by atoms with Gasteiger partial charge in [-0.15, -0.1) is 0 Å². The van der Waals surface area contributed by atoms with E-state index in [1.165, 1.54) is 31.2 Å². The van der Waals surface area contributed by atoms with E-state index in [1.807, 2.05) is 11.0 Å². The quantitative estimate of drug-likeness (QED) is 0.842. The lowest BCUT2D eigenvalue weighted by molar-refractivity contribution is -0.132. The third-order valence-electron chi connectivity index (χ3n) is 5.70. The van der Waals surface area contributed by atoms with Crippen molar-refractivity contribution in [3.05, 3.63) is 23.8 Å². The minimum Gasteiger partial charge on any atom is -0.454 e. The van der Waals surface area contributed by atoms with Crippen molar-refractivity contribution in [3.63, 3.8) is 0 Å². The van der Waals surface area contributed by atoms with Crippen LogP contribution in [-0.4, -0.2) is 61.3 Å². The Kier molecular flexibility index (Phi) is 5.60. The molecule has 6 nitrogen and oxygen atoms in total. The highest BCUT2D eigenvalue weighted by atomic mass is 16.7. The molecular formula is C20H29N3O3. The van der Waals surface area contributed by atoms with Gasteiger partial charge in [-0.1, -0.05) is 18.9 Å². The van der Waals surface area contributed by atoms with Gasteiger partial charge in [0.05, 0.1) is 0 Å². The Labute approximate surface area is 155 Å². The van der Waals surface area contributed by atoms with E-state index < -0.39 is 0 Å². The molecule has 6 heteroatoms. The van der Waals surface area contributed by atoms with Gasteiger partial charge < -0.3 is 19.7 Å². The molecule has 1 aromatic carbocycles. The fourth-order valence-electron chi connectivity index (χ4n) is 4.12. The summed E-state index contributed by atoms with van der Waals surface area (Å²) in [5.74, 6) is 1.96. The van der Waals surface area contributed by atoms with Gasteiger partial charge in [-0.2, -0.15) is 0 Å². The number of carbonyl (C=O) groups is 1. The lowest BCUT2D eigenvalue weighted by atomic mass is 10.1. The minimum absolute atomic E-state index is 0.290. The zero-order valence-electron chi connectivity index (χ0n) is 15.4. The van der Waals surface area contributed by atoms with E-state index in [2.05, 4.69) is 22.3 Å². The molecule has 0 radical (unpaired) electrons. The Balaban J connectivity index is 1.18. The summed E-state index contributed by atoms with van der Waals surface area (Å²) < 4.78 is 10.8. The van der Waals surface area contributed by atoms with Gasteiger partial charge in [0, 0.05) is 51.7 Å². The Bertz CT molecular complexity index is 623. The summed E-state index contributed by atoms with van der Waals surface area (Å²) in [4.78, 5) is 16.8. The number of rotatable bonds is 6. The second kappa shape index (κ2) is 8.27. The number of benzene rings is 1. The van der Waals surface area contributed by atoms with E-state index in [-0.39, 0.29) is 0 Å². The molecule has 4 rings (SSSR count). The summed E-state index contributed by atoms with van der Waals surface area (Å²) in [7, 11) is 0. The van der Waals surface area contributed by atoms with Crippen molar-refractivity contribution in [3.8, 4) is 11.5 Å². The number of fused-ring (bicyclic) bond motifs is 1. The molecule has 2 fully saturated rings. The summed E-state index contributed by atoms with van der Waals surface area (Å²) in [6, 6.07) is 6.78. The highest BCUT2D eigenvalue weighted by Crippen LogP contribution is 2.32. The number of nitrogens with zero attached hydrogens (tertiary/aromatic N) is 2. The molecule has 1 saturated heterocycles. The zero-order chi connectivity index (χ0) is 17.8. The van der Waals surface area contributed by atoms with Crippen LogP contribution in [0.1, 0.15) is 37.7 Å². The first-order chi connectivity index (χ1) is 12.8. The average molecular weight is 359 g/mol. The van der Waals surface area contributed by atoms with Gasteiger partial charge in [-0.3, -0.25) is 9.69 Å². The maximum absolute atomic E-state index is 12.4. The molecule has 0 bridgehead atoms. The molecule has 1 N–H and O–H groups in total. The van der Waals surface area contributed by atoms with Crippen LogP contribution in [0.15, 0.2) is 18.2 Å². The van der Waals surface area contributed by atoms with Gasteiger partial charge in [0.15, 0.2) is 11.5 Å². The van der Waals surface area contributed by atoms with Crippen LogP contribution in [0.3, 0.4) is 0 Å². The lowest BCUT2D eigenvalue weighted by Crippen LogP contribution is -2.48. The van der Waals surface area contributed by atoms with Crippen LogP contribution >= 0.6 is 0 Å². The van der Waals surface area contributed by atoms with Crippen LogP contribution in [0.25, 0.3) is 0 Å². The smallest absolute Gasteiger partial charge is 0.231 e. The molecule has 0 unspecified atom stereocenters. The second-order valence-corrected chi connectivity index (χ2v) is 7.53. The Hall–Kier alpha value is -1.79. The van der Waals surface area contributed by atoms with Crippen molar-refractivity contribution < 1.29 is 14.3 Å². The van der Waals surface area contributed by atoms with Crippen LogP contribution in [0.4, 0.5) is 0 Å². The molecule has 0 atom stereocenters. The van der Waals surface area contributed by atoms with Crippen molar-refractivity contribution in [2.45, 2.75) is 44.7 Å². The van der Waals surface area contributed by atoms with E-state index in [1.54, 1.807) is 0 Å². The van der Waals surface area contributed by atoms with Crippen LogP contribution in [-0.2, 0) is 11.3 Å². The number of carbonyl (C=O) groups excluding carboxylic acids is 1. The third-order valence-corrected chi connectivity index (χ3v) is 5.70. The maximum atomic E-state index is 12.4. The predicted molar refractivity (Wildman–Crippen MR) is 99.3 cm³/mol. The molecule has 1 aliphatic carbocycles. The topological polar surface area (TPSA) is 54.0 Å². The molecule has 1 saturated carbocycles. The number of hydrogen-bond acceptors (Lipinski definition) is 5. The van der Waals surface area contributed by atoms with Crippen LogP contribution in [0.5, 0.6) is 11.5 Å². The van der Waals surface area contributed by atoms with Crippen molar-refractivity contribution in [2.75, 3.05) is 39.5 Å². The van der Waals surface area contributed by atoms with Crippen LogP contribution in [0.2, 0.25) is 0 Å². The molecule has 0 aromatic heterocycles. The van der Waals surface area contributed by atoms with Crippen molar-refractivity contribution in [1.29, 1.82) is 0 Å². The van der Waals surface area contributed by atoms with Gasteiger partial charge in [0.1, 0.15) is 0 Å². The molecule has 26 heavy (non-hydrogen) atoms. The van der Waals surface area contributed by atoms with Gasteiger partial charge in [0.25, 0.3) is 0 Å². The van der Waals surface area contributed by atoms with Gasteiger partial charge in [0.2, 0.25) is 12.7 Å². The van der Waals surface area contributed by atoms with E-state index in [9.17, 15) is 4.79 Å². The third kappa shape index (κ3) is 4.30. The summed E-state index contributed by atoms with van der Waals surface area (Å²) >= 11 is 0. The normalized spacial score (nSPS) is 20.7. The SMILES string of the molecule is O=C(CCNC1CCCC1)N1CCN(Cc2ccc3c(c2)OCO3)CC1. The predicted octanol–water partition coefficient (Wildman–Crippen LogP) is 1.98. The molecule has 0 spiro atoms.